The summed E-state index contributed by atoms with van der Waals surface area (Å²) in [6, 6.07) is 12.7. The molecule has 0 saturated carbocycles. The number of nitrogens with zero attached hydrogens (tertiary/aromatic N) is 1. The number of hydrogen-bond donors (Lipinski definition) is 1. The normalized spacial score (nSPS) is 10.2. The van der Waals surface area contributed by atoms with Gasteiger partial charge in [0.25, 0.3) is 5.91 Å². The lowest BCUT2D eigenvalue weighted by Gasteiger charge is -2.21. The molecule has 0 spiro atoms. The quantitative estimate of drug-likeness (QED) is 0.727. The Morgan fingerprint density at radius 3 is 2.11 bits per heavy atom. The number of carboxylic acids is 1. The summed E-state index contributed by atoms with van der Waals surface area (Å²) >= 11 is 0. The minimum Gasteiger partial charge on any atom is -0.493 e. The minimum atomic E-state index is -1.08. The summed E-state index contributed by atoms with van der Waals surface area (Å²) in [6.45, 7) is 1.90. The summed E-state index contributed by atoms with van der Waals surface area (Å²) in [5.41, 5.74) is 1.24. The predicted molar refractivity (Wildman–Crippen MR) is 99.5 cm³/mol. The third kappa shape index (κ3) is 5.13. The van der Waals surface area contributed by atoms with Crippen LogP contribution in [0.25, 0.3) is 0 Å². The van der Waals surface area contributed by atoms with Gasteiger partial charge in [0.15, 0.2) is 11.5 Å². The smallest absolute Gasteiger partial charge is 0.323 e. The van der Waals surface area contributed by atoms with E-state index in [0.29, 0.717) is 23.9 Å². The Labute approximate surface area is 158 Å². The van der Waals surface area contributed by atoms with Crippen LogP contribution in [-0.4, -0.2) is 49.2 Å². The first-order valence-corrected chi connectivity index (χ1v) is 8.44. The molecule has 1 amide bonds. The monoisotopic (exact) mass is 373 g/mol. The van der Waals surface area contributed by atoms with E-state index in [4.69, 9.17) is 19.3 Å². The van der Waals surface area contributed by atoms with Crippen LogP contribution in [0.3, 0.4) is 0 Å². The average molecular weight is 373 g/mol. The van der Waals surface area contributed by atoms with Gasteiger partial charge in [0, 0.05) is 12.1 Å². The van der Waals surface area contributed by atoms with Crippen molar-refractivity contribution in [3.63, 3.8) is 0 Å². The van der Waals surface area contributed by atoms with Gasteiger partial charge < -0.3 is 24.2 Å². The van der Waals surface area contributed by atoms with E-state index in [1.807, 2.05) is 30.3 Å². The number of benzene rings is 2. The fraction of sp³-hybridized carbons (Fsp3) is 0.300. The summed E-state index contributed by atoms with van der Waals surface area (Å²) in [6.07, 6.45) is 0. The van der Waals surface area contributed by atoms with Gasteiger partial charge in [-0.2, -0.15) is 0 Å². The molecule has 7 heteroatoms. The van der Waals surface area contributed by atoms with Crippen LogP contribution in [-0.2, 0) is 11.4 Å². The Hall–Kier alpha value is -3.22. The maximum Gasteiger partial charge on any atom is 0.323 e. The van der Waals surface area contributed by atoms with Crippen molar-refractivity contribution in [1.29, 1.82) is 0 Å². The number of carbonyl (C=O) groups excluding carboxylic acids is 1. The zero-order valence-electron chi connectivity index (χ0n) is 15.6. The van der Waals surface area contributed by atoms with Crippen molar-refractivity contribution < 1.29 is 28.9 Å². The highest BCUT2D eigenvalue weighted by atomic mass is 16.5. The van der Waals surface area contributed by atoms with Gasteiger partial charge in [-0.05, 0) is 24.6 Å². The molecule has 0 aliphatic carbocycles. The van der Waals surface area contributed by atoms with Crippen molar-refractivity contribution in [1.82, 2.24) is 4.90 Å². The molecule has 0 bridgehead atoms. The van der Waals surface area contributed by atoms with Crippen molar-refractivity contribution in [2.45, 2.75) is 13.5 Å². The highest BCUT2D eigenvalue weighted by molar-refractivity contribution is 5.97. The van der Waals surface area contributed by atoms with Gasteiger partial charge in [-0.3, -0.25) is 9.59 Å². The summed E-state index contributed by atoms with van der Waals surface area (Å²) in [5, 5.41) is 8.97. The number of carboxylic acid groups (broad SMARTS) is 1. The van der Waals surface area contributed by atoms with Gasteiger partial charge >= 0.3 is 5.97 Å². The zero-order valence-corrected chi connectivity index (χ0v) is 15.6. The van der Waals surface area contributed by atoms with E-state index in [1.54, 1.807) is 6.92 Å². The first-order valence-electron chi connectivity index (χ1n) is 8.44. The number of likely N-dealkylation sites (N-methyl/N-ethyl adjacent to an activating group) is 1. The van der Waals surface area contributed by atoms with E-state index in [9.17, 15) is 9.59 Å². The molecule has 0 aliphatic rings. The Morgan fingerprint density at radius 2 is 1.63 bits per heavy atom. The molecule has 0 aliphatic heterocycles. The third-order valence-corrected chi connectivity index (χ3v) is 3.93. The zero-order chi connectivity index (χ0) is 19.8. The highest BCUT2D eigenvalue weighted by Crippen LogP contribution is 2.39. The minimum absolute atomic E-state index is 0.263. The molecular weight excluding hydrogens is 350 g/mol. The van der Waals surface area contributed by atoms with E-state index in [0.717, 1.165) is 5.56 Å². The van der Waals surface area contributed by atoms with Gasteiger partial charge in [0.1, 0.15) is 13.2 Å². The molecule has 0 radical (unpaired) electrons. The first-order chi connectivity index (χ1) is 13.0. The standard InChI is InChI=1S/C20H23NO6/c1-4-21(12-18(22)23)20(24)15-10-16(25-2)19(17(11-15)26-3)27-13-14-8-6-5-7-9-14/h5-11H,4,12-13H2,1-3H3,(H,22,23). The van der Waals surface area contributed by atoms with E-state index in [-0.39, 0.29) is 18.7 Å². The topological polar surface area (TPSA) is 85.3 Å². The Morgan fingerprint density at radius 1 is 1.04 bits per heavy atom. The number of ether oxygens (including phenoxy) is 3. The molecule has 2 rings (SSSR count). The summed E-state index contributed by atoms with van der Waals surface area (Å²) in [4.78, 5) is 24.8. The van der Waals surface area contributed by atoms with Crippen LogP contribution in [0.4, 0.5) is 0 Å². The van der Waals surface area contributed by atoms with Crippen LogP contribution in [0.5, 0.6) is 17.2 Å². The molecule has 0 heterocycles. The maximum atomic E-state index is 12.6. The molecular formula is C20H23NO6. The summed E-state index contributed by atoms with van der Waals surface area (Å²) in [5.74, 6) is -0.459. The summed E-state index contributed by atoms with van der Waals surface area (Å²) < 4.78 is 16.6. The van der Waals surface area contributed by atoms with E-state index in [1.165, 1.54) is 31.3 Å². The van der Waals surface area contributed by atoms with Crippen molar-refractivity contribution in [2.24, 2.45) is 0 Å². The van der Waals surface area contributed by atoms with Crippen LogP contribution < -0.4 is 14.2 Å². The SMILES string of the molecule is CCN(CC(=O)O)C(=O)c1cc(OC)c(OCc2ccccc2)c(OC)c1. The second kappa shape index (κ2) is 9.47. The van der Waals surface area contributed by atoms with E-state index in [2.05, 4.69) is 0 Å². The van der Waals surface area contributed by atoms with Crippen molar-refractivity contribution in [2.75, 3.05) is 27.3 Å². The molecule has 0 saturated heterocycles. The number of aliphatic carboxylic acids is 1. The van der Waals surface area contributed by atoms with Crippen LogP contribution >= 0.6 is 0 Å². The summed E-state index contributed by atoms with van der Waals surface area (Å²) in [7, 11) is 2.93. The number of hydrogen-bond acceptors (Lipinski definition) is 5. The molecule has 0 fully saturated rings. The van der Waals surface area contributed by atoms with Gasteiger partial charge in [0.05, 0.1) is 14.2 Å². The number of carbonyl (C=O) groups is 2. The Bertz CT molecular complexity index is 765. The average Bonchev–Trinajstić information content (AvgIpc) is 2.69. The molecule has 27 heavy (non-hydrogen) atoms. The van der Waals surface area contributed by atoms with Crippen molar-refractivity contribution >= 4 is 11.9 Å². The molecule has 0 unspecified atom stereocenters. The van der Waals surface area contributed by atoms with Gasteiger partial charge in [-0.1, -0.05) is 30.3 Å². The van der Waals surface area contributed by atoms with Crippen LogP contribution in [0.2, 0.25) is 0 Å². The molecule has 7 nitrogen and oxygen atoms in total. The van der Waals surface area contributed by atoms with Crippen molar-refractivity contribution in [3.8, 4) is 17.2 Å². The van der Waals surface area contributed by atoms with E-state index >= 15 is 0 Å². The number of amides is 1. The van der Waals surface area contributed by atoms with E-state index < -0.39 is 11.9 Å². The first kappa shape index (κ1) is 20.1. The highest BCUT2D eigenvalue weighted by Gasteiger charge is 2.22. The van der Waals surface area contributed by atoms with Crippen LogP contribution in [0, 0.1) is 0 Å². The Balaban J connectivity index is 2.31. The van der Waals surface area contributed by atoms with Crippen molar-refractivity contribution in [3.05, 3.63) is 53.6 Å². The fourth-order valence-corrected chi connectivity index (χ4v) is 2.55. The molecule has 2 aromatic carbocycles. The Kier molecular flexibility index (Phi) is 7.05. The molecule has 0 aromatic heterocycles. The predicted octanol–water partition coefficient (Wildman–Crippen LogP) is 2.83. The second-order valence-electron chi connectivity index (χ2n) is 5.70. The second-order valence-corrected chi connectivity index (χ2v) is 5.70. The van der Waals surface area contributed by atoms with Crippen LogP contribution in [0.1, 0.15) is 22.8 Å². The fourth-order valence-electron chi connectivity index (χ4n) is 2.55. The van der Waals surface area contributed by atoms with Gasteiger partial charge in [-0.25, -0.2) is 0 Å². The maximum absolute atomic E-state index is 12.6. The van der Waals surface area contributed by atoms with Gasteiger partial charge in [-0.15, -0.1) is 0 Å². The largest absolute Gasteiger partial charge is 0.493 e. The lowest BCUT2D eigenvalue weighted by Crippen LogP contribution is -2.35. The molecule has 2 aromatic rings. The molecule has 1 N–H and O–H groups in total. The van der Waals surface area contributed by atoms with Gasteiger partial charge in [0.2, 0.25) is 5.75 Å². The molecule has 0 atom stereocenters. The number of methoxy groups -OCH3 is 2. The lowest BCUT2D eigenvalue weighted by molar-refractivity contribution is -0.137. The molecule has 144 valence electrons. The third-order valence-electron chi connectivity index (χ3n) is 3.93. The number of rotatable bonds is 9. The lowest BCUT2D eigenvalue weighted by atomic mass is 10.1. The van der Waals surface area contributed by atoms with Crippen LogP contribution in [0.15, 0.2) is 42.5 Å².